The molecule has 0 aliphatic carbocycles. The van der Waals surface area contributed by atoms with Crippen LogP contribution in [0.3, 0.4) is 0 Å². The van der Waals surface area contributed by atoms with Gasteiger partial charge in [-0.05, 0) is 47.0 Å². The van der Waals surface area contributed by atoms with E-state index in [-0.39, 0.29) is 17.8 Å². The summed E-state index contributed by atoms with van der Waals surface area (Å²) in [4.78, 5) is 13.0. The Morgan fingerprint density at radius 3 is 2.18 bits per heavy atom. The summed E-state index contributed by atoms with van der Waals surface area (Å²) in [6.45, 7) is 0.487. The average molecular weight is 544 g/mol. The van der Waals surface area contributed by atoms with Gasteiger partial charge >= 0.3 is 0 Å². The molecule has 0 saturated carbocycles. The Kier molecular flexibility index (Phi) is 8.96. The van der Waals surface area contributed by atoms with Crippen molar-refractivity contribution in [1.29, 1.82) is 0 Å². The molecule has 4 rings (SSSR count). The van der Waals surface area contributed by atoms with Crippen molar-refractivity contribution in [3.8, 4) is 11.5 Å². The molecule has 0 heterocycles. The first-order valence-corrected chi connectivity index (χ1v) is 14.0. The van der Waals surface area contributed by atoms with Crippen LogP contribution < -0.4 is 19.2 Å². The fourth-order valence-electron chi connectivity index (χ4n) is 3.86. The number of amides is 1. The summed E-state index contributed by atoms with van der Waals surface area (Å²) in [5, 5.41) is 4.07. The van der Waals surface area contributed by atoms with Gasteiger partial charge in [0.05, 0.1) is 37.4 Å². The molecule has 1 N–H and O–H groups in total. The molecule has 0 aliphatic heterocycles. The molecule has 0 fully saturated rings. The van der Waals surface area contributed by atoms with Gasteiger partial charge in [0.15, 0.2) is 11.5 Å². The SMILES string of the molecule is COc1cc(/C=N/NC(=O)c2ccccc2N(Cc2ccccc2)S(C)(=O)=O)ccc1OCc1ccccc1. The second-order valence-electron chi connectivity index (χ2n) is 8.66. The van der Waals surface area contributed by atoms with E-state index in [1.54, 1.807) is 49.6 Å². The average Bonchev–Trinajstić information content (AvgIpc) is 2.95. The highest BCUT2D eigenvalue weighted by molar-refractivity contribution is 7.92. The number of methoxy groups -OCH3 is 1. The van der Waals surface area contributed by atoms with Gasteiger partial charge in [0.25, 0.3) is 5.91 Å². The number of nitrogens with zero attached hydrogens (tertiary/aromatic N) is 2. The molecule has 8 nitrogen and oxygen atoms in total. The first-order chi connectivity index (χ1) is 18.8. The molecule has 0 aromatic heterocycles. The summed E-state index contributed by atoms with van der Waals surface area (Å²) in [5.74, 6) is 0.561. The Labute approximate surface area is 228 Å². The summed E-state index contributed by atoms with van der Waals surface area (Å²) in [5.41, 5.74) is 5.44. The van der Waals surface area contributed by atoms with E-state index in [1.807, 2.05) is 60.7 Å². The van der Waals surface area contributed by atoms with Crippen molar-refractivity contribution in [1.82, 2.24) is 5.43 Å². The number of hydrogen-bond acceptors (Lipinski definition) is 6. The number of sulfonamides is 1. The number of rotatable bonds is 11. The quantitative estimate of drug-likeness (QED) is 0.212. The molecule has 0 unspecified atom stereocenters. The lowest BCUT2D eigenvalue weighted by Crippen LogP contribution is -2.32. The highest BCUT2D eigenvalue weighted by Crippen LogP contribution is 2.28. The van der Waals surface area contributed by atoms with Gasteiger partial charge in [-0.15, -0.1) is 0 Å². The van der Waals surface area contributed by atoms with Crippen LogP contribution in [0.1, 0.15) is 27.0 Å². The summed E-state index contributed by atoms with van der Waals surface area (Å²) in [7, 11) is -2.13. The number of benzene rings is 4. The number of anilines is 1. The molecule has 0 aliphatic rings. The van der Waals surface area contributed by atoms with E-state index >= 15 is 0 Å². The number of nitrogens with one attached hydrogen (secondary N) is 1. The summed E-state index contributed by atoms with van der Waals surface area (Å²) in [6, 6.07) is 30.8. The van der Waals surface area contributed by atoms with Gasteiger partial charge in [0.1, 0.15) is 6.61 Å². The zero-order chi connectivity index (χ0) is 27.7. The number of para-hydroxylation sites is 1. The fraction of sp³-hybridized carbons (Fsp3) is 0.133. The number of carbonyl (C=O) groups excluding carboxylic acids is 1. The maximum absolute atomic E-state index is 13.0. The first kappa shape index (κ1) is 27.4. The van der Waals surface area contributed by atoms with E-state index in [1.165, 1.54) is 10.5 Å². The molecule has 0 spiro atoms. The minimum absolute atomic E-state index is 0.0890. The van der Waals surface area contributed by atoms with Crippen molar-refractivity contribution in [2.75, 3.05) is 17.7 Å². The van der Waals surface area contributed by atoms with Gasteiger partial charge in [0, 0.05) is 0 Å². The Bertz CT molecular complexity index is 1540. The Morgan fingerprint density at radius 1 is 0.872 bits per heavy atom. The molecule has 200 valence electrons. The number of carbonyl (C=O) groups is 1. The maximum atomic E-state index is 13.0. The number of hydrazone groups is 1. The molecule has 9 heteroatoms. The molecule has 4 aromatic rings. The van der Waals surface area contributed by atoms with Crippen LogP contribution in [0, 0.1) is 0 Å². The van der Waals surface area contributed by atoms with Gasteiger partial charge < -0.3 is 9.47 Å². The van der Waals surface area contributed by atoms with E-state index in [2.05, 4.69) is 10.5 Å². The van der Waals surface area contributed by atoms with E-state index in [4.69, 9.17) is 9.47 Å². The standard InChI is InChI=1S/C30H29N3O5S/c1-37-29-19-25(17-18-28(29)38-22-24-13-7-4-8-14-24)20-31-32-30(34)26-15-9-10-16-27(26)33(39(2,35)36)21-23-11-5-3-6-12-23/h3-20H,21-22H2,1-2H3,(H,32,34)/b31-20+. The van der Waals surface area contributed by atoms with Crippen molar-refractivity contribution in [2.45, 2.75) is 13.2 Å². The molecular weight excluding hydrogens is 514 g/mol. The topological polar surface area (TPSA) is 97.3 Å². The second kappa shape index (κ2) is 12.7. The van der Waals surface area contributed by atoms with Crippen LogP contribution in [0.4, 0.5) is 5.69 Å². The van der Waals surface area contributed by atoms with E-state index < -0.39 is 15.9 Å². The van der Waals surface area contributed by atoms with Crippen LogP contribution in [0.25, 0.3) is 0 Å². The summed E-state index contributed by atoms with van der Waals surface area (Å²) >= 11 is 0. The largest absolute Gasteiger partial charge is 0.493 e. The normalized spacial score (nSPS) is 11.2. The van der Waals surface area contributed by atoms with Crippen molar-refractivity contribution in [2.24, 2.45) is 5.10 Å². The van der Waals surface area contributed by atoms with Crippen molar-refractivity contribution in [3.05, 3.63) is 125 Å². The maximum Gasteiger partial charge on any atom is 0.273 e. The van der Waals surface area contributed by atoms with Gasteiger partial charge in [-0.2, -0.15) is 5.10 Å². The van der Waals surface area contributed by atoms with E-state index in [0.717, 1.165) is 17.4 Å². The molecule has 0 bridgehead atoms. The molecule has 1 amide bonds. The van der Waals surface area contributed by atoms with Crippen LogP contribution in [-0.2, 0) is 23.2 Å². The van der Waals surface area contributed by atoms with Crippen LogP contribution in [0.2, 0.25) is 0 Å². The summed E-state index contributed by atoms with van der Waals surface area (Å²) < 4.78 is 37.9. The lowest BCUT2D eigenvalue weighted by Gasteiger charge is -2.24. The summed E-state index contributed by atoms with van der Waals surface area (Å²) in [6.07, 6.45) is 2.59. The highest BCUT2D eigenvalue weighted by atomic mass is 32.2. The van der Waals surface area contributed by atoms with Gasteiger partial charge in [-0.1, -0.05) is 72.8 Å². The minimum atomic E-state index is -3.68. The molecule has 0 radical (unpaired) electrons. The third-order valence-electron chi connectivity index (χ3n) is 5.79. The molecule has 4 aromatic carbocycles. The zero-order valence-corrected chi connectivity index (χ0v) is 22.5. The van der Waals surface area contributed by atoms with Crippen molar-refractivity contribution in [3.63, 3.8) is 0 Å². The van der Waals surface area contributed by atoms with Crippen molar-refractivity contribution >= 4 is 27.8 Å². The highest BCUT2D eigenvalue weighted by Gasteiger charge is 2.23. The Hall–Kier alpha value is -4.63. The fourth-order valence-corrected chi connectivity index (χ4v) is 4.76. The van der Waals surface area contributed by atoms with E-state index in [0.29, 0.717) is 23.7 Å². The molecular formula is C30H29N3O5S. The van der Waals surface area contributed by atoms with Gasteiger partial charge in [-0.3, -0.25) is 9.10 Å². The second-order valence-corrected chi connectivity index (χ2v) is 10.6. The zero-order valence-electron chi connectivity index (χ0n) is 21.7. The minimum Gasteiger partial charge on any atom is -0.493 e. The smallest absolute Gasteiger partial charge is 0.273 e. The lowest BCUT2D eigenvalue weighted by molar-refractivity contribution is 0.0955. The molecule has 0 saturated heterocycles. The third-order valence-corrected chi connectivity index (χ3v) is 6.92. The number of ether oxygens (including phenoxy) is 2. The predicted octanol–water partition coefficient (Wildman–Crippen LogP) is 5.00. The van der Waals surface area contributed by atoms with Crippen LogP contribution in [0.15, 0.2) is 108 Å². The molecule has 0 atom stereocenters. The van der Waals surface area contributed by atoms with Crippen LogP contribution in [-0.4, -0.2) is 33.9 Å². The molecule has 39 heavy (non-hydrogen) atoms. The number of hydrogen-bond donors (Lipinski definition) is 1. The lowest BCUT2D eigenvalue weighted by atomic mass is 10.1. The third kappa shape index (κ3) is 7.45. The first-order valence-electron chi connectivity index (χ1n) is 12.1. The van der Waals surface area contributed by atoms with E-state index in [9.17, 15) is 13.2 Å². The Balaban J connectivity index is 1.47. The van der Waals surface area contributed by atoms with Crippen LogP contribution >= 0.6 is 0 Å². The van der Waals surface area contributed by atoms with Gasteiger partial charge in [-0.25, -0.2) is 13.8 Å². The monoisotopic (exact) mass is 543 g/mol. The van der Waals surface area contributed by atoms with Crippen LogP contribution in [0.5, 0.6) is 11.5 Å². The van der Waals surface area contributed by atoms with Gasteiger partial charge in [0.2, 0.25) is 10.0 Å². The Morgan fingerprint density at radius 2 is 1.51 bits per heavy atom. The van der Waals surface area contributed by atoms with Crippen molar-refractivity contribution < 1.29 is 22.7 Å². The predicted molar refractivity (Wildman–Crippen MR) is 153 cm³/mol.